The van der Waals surface area contributed by atoms with Gasteiger partial charge in [-0.3, -0.25) is 0 Å². The third kappa shape index (κ3) is 3.79. The maximum Gasteiger partial charge on any atom is 0.337 e. The van der Waals surface area contributed by atoms with Gasteiger partial charge in [0.15, 0.2) is 9.84 Å². The van der Waals surface area contributed by atoms with Gasteiger partial charge in [0.1, 0.15) is 0 Å². The highest BCUT2D eigenvalue weighted by Gasteiger charge is 2.22. The van der Waals surface area contributed by atoms with Gasteiger partial charge in [-0.15, -0.1) is 0 Å². The van der Waals surface area contributed by atoms with Crippen molar-refractivity contribution in [3.63, 3.8) is 0 Å². The summed E-state index contributed by atoms with van der Waals surface area (Å²) in [4.78, 5) is 10.8. The van der Waals surface area contributed by atoms with Crippen molar-refractivity contribution in [3.05, 3.63) is 28.2 Å². The van der Waals surface area contributed by atoms with Crippen LogP contribution in [-0.4, -0.2) is 38.5 Å². The molecule has 1 N–H and O–H groups in total. The lowest BCUT2D eigenvalue weighted by molar-refractivity contribution is 0.0692. The van der Waals surface area contributed by atoms with Gasteiger partial charge in [0.05, 0.1) is 22.8 Å². The average Bonchev–Trinajstić information content (AvgIpc) is 2.28. The van der Waals surface area contributed by atoms with Crippen LogP contribution in [0.5, 0.6) is 0 Å². The molecule has 5 nitrogen and oxygen atoms in total. The molecule has 0 aliphatic heterocycles. The summed E-state index contributed by atoms with van der Waals surface area (Å²) in [6, 6.07) is 4.05. The van der Waals surface area contributed by atoms with Crippen molar-refractivity contribution in [2.24, 2.45) is 0 Å². The molecular formula is C11H13BrO5S. The van der Waals surface area contributed by atoms with Crippen LogP contribution in [0, 0.1) is 0 Å². The Balaban J connectivity index is 3.14. The number of hydrogen-bond donors (Lipinski definition) is 1. The Morgan fingerprint density at radius 1 is 1.44 bits per heavy atom. The van der Waals surface area contributed by atoms with Gasteiger partial charge in [0.2, 0.25) is 0 Å². The number of rotatable bonds is 6. The summed E-state index contributed by atoms with van der Waals surface area (Å²) in [5.74, 6) is -1.50. The lowest BCUT2D eigenvalue weighted by atomic mass is 10.2. The zero-order valence-corrected chi connectivity index (χ0v) is 12.1. The minimum absolute atomic E-state index is 0.0460. The van der Waals surface area contributed by atoms with Gasteiger partial charge in [-0.1, -0.05) is 15.9 Å². The Kier molecular flexibility index (Phi) is 5.30. The van der Waals surface area contributed by atoms with Crippen LogP contribution in [-0.2, 0) is 14.6 Å². The van der Waals surface area contributed by atoms with Crippen LogP contribution in [0.25, 0.3) is 0 Å². The first-order chi connectivity index (χ1) is 8.38. The Morgan fingerprint density at radius 3 is 2.67 bits per heavy atom. The third-order valence-corrected chi connectivity index (χ3v) is 4.41. The summed E-state index contributed by atoms with van der Waals surface area (Å²) < 4.78 is 29.5. The second-order valence-electron chi connectivity index (χ2n) is 3.46. The predicted octanol–water partition coefficient (Wildman–Crippen LogP) is 1.96. The van der Waals surface area contributed by atoms with Gasteiger partial charge in [-0.25, -0.2) is 13.2 Å². The number of hydrogen-bond acceptors (Lipinski definition) is 4. The normalized spacial score (nSPS) is 11.4. The van der Waals surface area contributed by atoms with Crippen LogP contribution >= 0.6 is 15.9 Å². The summed E-state index contributed by atoms with van der Waals surface area (Å²) in [6.07, 6.45) is 0. The van der Waals surface area contributed by atoms with Crippen LogP contribution in [0.4, 0.5) is 0 Å². The molecule has 0 aliphatic rings. The van der Waals surface area contributed by atoms with Crippen LogP contribution < -0.4 is 0 Å². The number of benzene rings is 1. The van der Waals surface area contributed by atoms with Crippen LogP contribution in [0.2, 0.25) is 0 Å². The van der Waals surface area contributed by atoms with Crippen molar-refractivity contribution in [1.29, 1.82) is 0 Å². The number of halogens is 1. The minimum Gasteiger partial charge on any atom is -0.478 e. The van der Waals surface area contributed by atoms with Crippen molar-refractivity contribution in [3.8, 4) is 0 Å². The molecule has 100 valence electrons. The molecule has 1 aromatic rings. The summed E-state index contributed by atoms with van der Waals surface area (Å²) >= 11 is 3.13. The molecule has 0 fully saturated rings. The molecule has 0 saturated carbocycles. The zero-order chi connectivity index (χ0) is 13.8. The van der Waals surface area contributed by atoms with E-state index in [-0.39, 0.29) is 22.8 Å². The third-order valence-electron chi connectivity index (χ3n) is 2.21. The molecule has 0 atom stereocenters. The van der Waals surface area contributed by atoms with E-state index in [1.54, 1.807) is 6.92 Å². The Labute approximate surface area is 114 Å². The van der Waals surface area contributed by atoms with Gasteiger partial charge in [-0.2, -0.15) is 0 Å². The van der Waals surface area contributed by atoms with Gasteiger partial charge >= 0.3 is 5.97 Å². The molecule has 1 aromatic carbocycles. The molecule has 7 heteroatoms. The van der Waals surface area contributed by atoms with E-state index in [0.717, 1.165) is 0 Å². The monoisotopic (exact) mass is 336 g/mol. The Morgan fingerprint density at radius 2 is 2.11 bits per heavy atom. The van der Waals surface area contributed by atoms with Crippen molar-refractivity contribution < 1.29 is 23.1 Å². The smallest absolute Gasteiger partial charge is 0.337 e. The van der Waals surface area contributed by atoms with E-state index < -0.39 is 15.8 Å². The van der Waals surface area contributed by atoms with Gasteiger partial charge in [-0.05, 0) is 25.1 Å². The molecule has 0 heterocycles. The van der Waals surface area contributed by atoms with E-state index in [2.05, 4.69) is 15.9 Å². The highest BCUT2D eigenvalue weighted by Crippen LogP contribution is 2.22. The molecular weight excluding hydrogens is 324 g/mol. The standard InChI is InChI=1S/C11H13BrO5S/c1-2-17-5-6-18(15,16)10-7-8(12)3-4-9(10)11(13)14/h3-4,7H,2,5-6H2,1H3,(H,13,14). The summed E-state index contributed by atoms with van der Waals surface area (Å²) in [6.45, 7) is 2.22. The molecule has 0 aliphatic carbocycles. The minimum atomic E-state index is -3.67. The second kappa shape index (κ2) is 6.31. The number of ether oxygens (including phenoxy) is 1. The highest BCUT2D eigenvalue weighted by atomic mass is 79.9. The van der Waals surface area contributed by atoms with E-state index >= 15 is 0 Å². The Bertz CT molecular complexity index is 538. The maximum atomic E-state index is 12.0. The SMILES string of the molecule is CCOCCS(=O)(=O)c1cc(Br)ccc1C(=O)O. The second-order valence-corrected chi connectivity index (χ2v) is 6.45. The predicted molar refractivity (Wildman–Crippen MR) is 69.6 cm³/mol. The molecule has 0 radical (unpaired) electrons. The van der Waals surface area contributed by atoms with Gasteiger partial charge < -0.3 is 9.84 Å². The zero-order valence-electron chi connectivity index (χ0n) is 9.72. The fraction of sp³-hybridized carbons (Fsp3) is 0.364. The number of carboxylic acids is 1. The largest absolute Gasteiger partial charge is 0.478 e. The molecule has 0 amide bonds. The van der Waals surface area contributed by atoms with Gasteiger partial charge in [0, 0.05) is 11.1 Å². The first kappa shape index (κ1) is 15.1. The van der Waals surface area contributed by atoms with Crippen molar-refractivity contribution in [2.45, 2.75) is 11.8 Å². The van der Waals surface area contributed by atoms with Crippen LogP contribution in [0.15, 0.2) is 27.6 Å². The van der Waals surface area contributed by atoms with E-state index in [1.807, 2.05) is 0 Å². The summed E-state index contributed by atoms with van der Waals surface area (Å²) in [5, 5.41) is 8.98. The topological polar surface area (TPSA) is 80.7 Å². The highest BCUT2D eigenvalue weighted by molar-refractivity contribution is 9.10. The average molecular weight is 337 g/mol. The maximum absolute atomic E-state index is 12.0. The van der Waals surface area contributed by atoms with Crippen LogP contribution in [0.1, 0.15) is 17.3 Å². The molecule has 0 aromatic heterocycles. The molecule has 1 rings (SSSR count). The quantitative estimate of drug-likeness (QED) is 0.803. The fourth-order valence-electron chi connectivity index (χ4n) is 1.35. The van der Waals surface area contributed by atoms with Crippen molar-refractivity contribution in [1.82, 2.24) is 0 Å². The number of carbonyl (C=O) groups is 1. The fourth-order valence-corrected chi connectivity index (χ4v) is 3.22. The van der Waals surface area contributed by atoms with E-state index in [1.165, 1.54) is 18.2 Å². The van der Waals surface area contributed by atoms with E-state index in [0.29, 0.717) is 11.1 Å². The summed E-state index contributed by atoms with van der Waals surface area (Å²) in [5.41, 5.74) is -0.227. The first-order valence-corrected chi connectivity index (χ1v) is 7.66. The molecule has 0 saturated heterocycles. The van der Waals surface area contributed by atoms with Crippen molar-refractivity contribution in [2.75, 3.05) is 19.0 Å². The molecule has 0 unspecified atom stereocenters. The van der Waals surface area contributed by atoms with Crippen molar-refractivity contribution >= 4 is 31.7 Å². The Hall–Kier alpha value is -0.920. The van der Waals surface area contributed by atoms with Gasteiger partial charge in [0.25, 0.3) is 0 Å². The first-order valence-electron chi connectivity index (χ1n) is 5.22. The lowest BCUT2D eigenvalue weighted by Gasteiger charge is -2.08. The number of sulfone groups is 1. The van der Waals surface area contributed by atoms with E-state index in [4.69, 9.17) is 9.84 Å². The number of aromatic carboxylic acids is 1. The number of carboxylic acid groups (broad SMARTS) is 1. The van der Waals surface area contributed by atoms with E-state index in [9.17, 15) is 13.2 Å². The molecule has 0 bridgehead atoms. The lowest BCUT2D eigenvalue weighted by Crippen LogP contribution is -2.16. The molecule has 0 spiro atoms. The summed E-state index contributed by atoms with van der Waals surface area (Å²) in [7, 11) is -3.67. The molecule has 18 heavy (non-hydrogen) atoms. The van der Waals surface area contributed by atoms with Crippen LogP contribution in [0.3, 0.4) is 0 Å².